The standard InChI is InChI=1S/C25H27NO6/c1-3-31-18-11-9-16(10-12-18)23(27)21-22(17-6-4-7-19(14-17)30-2)26(25(29)24(21)28)15-20-8-5-13-32-20/h4,6-7,9-12,14,20,22,27H,3,5,8,13,15H2,1-2H3. The Bertz CT molecular complexity index is 1020. The molecule has 168 valence electrons. The van der Waals surface area contributed by atoms with Crippen LogP contribution in [0, 0.1) is 0 Å². The van der Waals surface area contributed by atoms with Crippen molar-refractivity contribution in [3.05, 3.63) is 65.2 Å². The Labute approximate surface area is 187 Å². The van der Waals surface area contributed by atoms with Gasteiger partial charge in [-0.25, -0.2) is 0 Å². The van der Waals surface area contributed by atoms with Crippen LogP contribution in [0.25, 0.3) is 5.76 Å². The van der Waals surface area contributed by atoms with Crippen LogP contribution < -0.4 is 9.47 Å². The number of carbonyl (C=O) groups excluding carboxylic acids is 2. The molecule has 2 heterocycles. The van der Waals surface area contributed by atoms with Gasteiger partial charge in [0.2, 0.25) is 0 Å². The molecule has 0 radical (unpaired) electrons. The number of methoxy groups -OCH3 is 1. The van der Waals surface area contributed by atoms with Crippen molar-refractivity contribution in [3.63, 3.8) is 0 Å². The van der Waals surface area contributed by atoms with Gasteiger partial charge in [-0.1, -0.05) is 12.1 Å². The van der Waals surface area contributed by atoms with Crippen LogP contribution in [0.15, 0.2) is 54.1 Å². The number of Topliss-reactive ketones (excluding diaryl/α,β-unsaturated/α-hetero) is 1. The highest BCUT2D eigenvalue weighted by atomic mass is 16.5. The predicted molar refractivity (Wildman–Crippen MR) is 119 cm³/mol. The molecule has 0 bridgehead atoms. The quantitative estimate of drug-likeness (QED) is 0.404. The summed E-state index contributed by atoms with van der Waals surface area (Å²) in [6, 6.07) is 13.3. The van der Waals surface area contributed by atoms with E-state index in [0.29, 0.717) is 35.8 Å². The van der Waals surface area contributed by atoms with E-state index in [9.17, 15) is 14.7 Å². The fraction of sp³-hybridized carbons (Fsp3) is 0.360. The molecule has 2 atom stereocenters. The molecule has 2 aromatic carbocycles. The lowest BCUT2D eigenvalue weighted by Gasteiger charge is -2.27. The first-order valence-electron chi connectivity index (χ1n) is 10.8. The van der Waals surface area contributed by atoms with Gasteiger partial charge in [0.25, 0.3) is 11.7 Å². The number of nitrogens with zero attached hydrogens (tertiary/aromatic N) is 1. The van der Waals surface area contributed by atoms with Crippen LogP contribution >= 0.6 is 0 Å². The van der Waals surface area contributed by atoms with Crippen LogP contribution in [-0.2, 0) is 14.3 Å². The van der Waals surface area contributed by atoms with E-state index in [1.807, 2.05) is 13.0 Å². The summed E-state index contributed by atoms with van der Waals surface area (Å²) in [7, 11) is 1.56. The molecule has 2 fully saturated rings. The molecule has 0 aliphatic carbocycles. The van der Waals surface area contributed by atoms with Gasteiger partial charge in [0.1, 0.15) is 17.3 Å². The lowest BCUT2D eigenvalue weighted by atomic mass is 9.95. The number of hydrogen-bond donors (Lipinski definition) is 1. The smallest absolute Gasteiger partial charge is 0.295 e. The van der Waals surface area contributed by atoms with Gasteiger partial charge in [-0.15, -0.1) is 0 Å². The third kappa shape index (κ3) is 4.21. The summed E-state index contributed by atoms with van der Waals surface area (Å²) in [5.74, 6) is -0.296. The maximum atomic E-state index is 13.1. The molecule has 0 saturated carbocycles. The van der Waals surface area contributed by atoms with Crippen molar-refractivity contribution in [1.82, 2.24) is 4.90 Å². The number of rotatable bonds is 7. The molecule has 7 heteroatoms. The number of benzene rings is 2. The molecule has 2 aromatic rings. The molecule has 4 rings (SSSR count). The summed E-state index contributed by atoms with van der Waals surface area (Å²) in [4.78, 5) is 27.7. The van der Waals surface area contributed by atoms with Crippen LogP contribution in [0.4, 0.5) is 0 Å². The van der Waals surface area contributed by atoms with Crippen LogP contribution in [0.5, 0.6) is 11.5 Å². The second kappa shape index (κ2) is 9.44. The third-order valence-corrected chi connectivity index (χ3v) is 5.81. The molecule has 2 saturated heterocycles. The Morgan fingerprint density at radius 3 is 2.59 bits per heavy atom. The monoisotopic (exact) mass is 437 g/mol. The number of amides is 1. The van der Waals surface area contributed by atoms with Crippen molar-refractivity contribution < 1.29 is 28.9 Å². The molecule has 0 aromatic heterocycles. The highest BCUT2D eigenvalue weighted by Crippen LogP contribution is 2.41. The van der Waals surface area contributed by atoms with Crippen molar-refractivity contribution >= 4 is 17.4 Å². The molecule has 2 aliphatic rings. The maximum absolute atomic E-state index is 13.1. The predicted octanol–water partition coefficient (Wildman–Crippen LogP) is 3.69. The van der Waals surface area contributed by atoms with E-state index in [-0.39, 0.29) is 24.0 Å². The normalized spacial score (nSPS) is 22.4. The Kier molecular flexibility index (Phi) is 6.46. The van der Waals surface area contributed by atoms with E-state index in [1.54, 1.807) is 49.6 Å². The van der Waals surface area contributed by atoms with E-state index in [1.165, 1.54) is 4.90 Å². The summed E-state index contributed by atoms with van der Waals surface area (Å²) in [6.45, 7) is 3.34. The highest BCUT2D eigenvalue weighted by Gasteiger charge is 2.47. The van der Waals surface area contributed by atoms with E-state index in [2.05, 4.69) is 0 Å². The second-order valence-electron chi connectivity index (χ2n) is 7.82. The van der Waals surface area contributed by atoms with Crippen molar-refractivity contribution in [1.29, 1.82) is 0 Å². The molecule has 32 heavy (non-hydrogen) atoms. The fourth-order valence-electron chi connectivity index (χ4n) is 4.27. The minimum Gasteiger partial charge on any atom is -0.507 e. The molecule has 2 aliphatic heterocycles. The Morgan fingerprint density at radius 2 is 1.94 bits per heavy atom. The fourth-order valence-corrected chi connectivity index (χ4v) is 4.27. The van der Waals surface area contributed by atoms with Gasteiger partial charge in [0, 0.05) is 18.7 Å². The minimum absolute atomic E-state index is 0.0606. The number of ether oxygens (including phenoxy) is 3. The van der Waals surface area contributed by atoms with Crippen molar-refractivity contribution in [2.24, 2.45) is 0 Å². The molecular weight excluding hydrogens is 410 g/mol. The summed E-state index contributed by atoms with van der Waals surface area (Å²) < 4.78 is 16.5. The molecule has 7 nitrogen and oxygen atoms in total. The van der Waals surface area contributed by atoms with Gasteiger partial charge in [-0.2, -0.15) is 0 Å². The average molecular weight is 437 g/mol. The van der Waals surface area contributed by atoms with Crippen LogP contribution in [-0.4, -0.2) is 54.7 Å². The lowest BCUT2D eigenvalue weighted by Crippen LogP contribution is -2.36. The minimum atomic E-state index is -0.735. The molecular formula is C25H27NO6. The van der Waals surface area contributed by atoms with E-state index < -0.39 is 17.7 Å². The van der Waals surface area contributed by atoms with Crippen molar-refractivity contribution in [2.75, 3.05) is 26.9 Å². The van der Waals surface area contributed by atoms with E-state index in [0.717, 1.165) is 12.8 Å². The van der Waals surface area contributed by atoms with Crippen molar-refractivity contribution in [2.45, 2.75) is 31.9 Å². The molecule has 1 N–H and O–H groups in total. The SMILES string of the molecule is CCOc1ccc(C(O)=C2C(=O)C(=O)N(CC3CCCO3)C2c2cccc(OC)c2)cc1. The third-order valence-electron chi connectivity index (χ3n) is 5.81. The average Bonchev–Trinajstić information content (AvgIpc) is 3.42. The number of carbonyl (C=O) groups is 2. The molecule has 2 unspecified atom stereocenters. The lowest BCUT2D eigenvalue weighted by molar-refractivity contribution is -0.140. The van der Waals surface area contributed by atoms with E-state index >= 15 is 0 Å². The van der Waals surface area contributed by atoms with Gasteiger partial charge in [0.15, 0.2) is 0 Å². The zero-order valence-electron chi connectivity index (χ0n) is 18.2. The number of likely N-dealkylation sites (tertiary alicyclic amines) is 1. The Balaban J connectivity index is 1.79. The maximum Gasteiger partial charge on any atom is 0.295 e. The summed E-state index contributed by atoms with van der Waals surface area (Å²) in [5.41, 5.74) is 1.19. The summed E-state index contributed by atoms with van der Waals surface area (Å²) >= 11 is 0. The zero-order valence-corrected chi connectivity index (χ0v) is 18.2. The Morgan fingerprint density at radius 1 is 1.16 bits per heavy atom. The first kappa shape index (κ1) is 21.9. The largest absolute Gasteiger partial charge is 0.507 e. The topological polar surface area (TPSA) is 85.3 Å². The number of aliphatic hydroxyl groups is 1. The van der Waals surface area contributed by atoms with Gasteiger partial charge < -0.3 is 24.2 Å². The number of ketones is 1. The molecule has 1 amide bonds. The zero-order chi connectivity index (χ0) is 22.7. The summed E-state index contributed by atoms with van der Waals surface area (Å²) in [6.07, 6.45) is 1.61. The Hall–Kier alpha value is -3.32. The first-order valence-corrected chi connectivity index (χ1v) is 10.8. The van der Waals surface area contributed by atoms with Gasteiger partial charge in [-0.3, -0.25) is 9.59 Å². The van der Waals surface area contributed by atoms with Crippen molar-refractivity contribution in [3.8, 4) is 11.5 Å². The van der Waals surface area contributed by atoms with Crippen LogP contribution in [0.3, 0.4) is 0 Å². The van der Waals surface area contributed by atoms with Crippen LogP contribution in [0.2, 0.25) is 0 Å². The number of aliphatic hydroxyl groups excluding tert-OH is 1. The van der Waals surface area contributed by atoms with Gasteiger partial charge in [0.05, 0.1) is 31.4 Å². The second-order valence-corrected chi connectivity index (χ2v) is 7.82. The molecule has 0 spiro atoms. The van der Waals surface area contributed by atoms with Gasteiger partial charge >= 0.3 is 0 Å². The van der Waals surface area contributed by atoms with E-state index in [4.69, 9.17) is 14.2 Å². The number of hydrogen-bond acceptors (Lipinski definition) is 6. The van der Waals surface area contributed by atoms with Gasteiger partial charge in [-0.05, 0) is 61.7 Å². The van der Waals surface area contributed by atoms with Crippen LogP contribution in [0.1, 0.15) is 36.9 Å². The summed E-state index contributed by atoms with van der Waals surface area (Å²) in [5, 5.41) is 11.1. The first-order chi connectivity index (χ1) is 15.5. The highest BCUT2D eigenvalue weighted by molar-refractivity contribution is 6.46.